The van der Waals surface area contributed by atoms with Crippen molar-refractivity contribution in [3.63, 3.8) is 0 Å². The number of amides is 1. The van der Waals surface area contributed by atoms with E-state index in [-0.39, 0.29) is 5.91 Å². The summed E-state index contributed by atoms with van der Waals surface area (Å²) in [4.78, 5) is 14.3. The first-order valence-electron chi connectivity index (χ1n) is 9.51. The second-order valence-electron chi connectivity index (χ2n) is 6.94. The lowest BCUT2D eigenvalue weighted by Gasteiger charge is -2.18. The summed E-state index contributed by atoms with van der Waals surface area (Å²) >= 11 is 0. The number of anilines is 1. The van der Waals surface area contributed by atoms with Gasteiger partial charge in [0.15, 0.2) is 0 Å². The molecule has 0 aliphatic heterocycles. The number of rotatable bonds is 6. The standard InChI is InChI=1S/C25H24N2O/c1-19-8-3-4-9-20(19)11-7-13-25(28)27(2)23-16-14-21(15-17-23)24-12-6-5-10-22(24)18-26/h3-6,8-10,12,14-17H,7,11,13H2,1-2H3. The highest BCUT2D eigenvalue weighted by Crippen LogP contribution is 2.26. The van der Waals surface area contributed by atoms with Crippen molar-refractivity contribution in [1.29, 1.82) is 5.26 Å². The molecule has 28 heavy (non-hydrogen) atoms. The Morgan fingerprint density at radius 2 is 1.64 bits per heavy atom. The van der Waals surface area contributed by atoms with E-state index in [9.17, 15) is 10.1 Å². The molecule has 140 valence electrons. The first-order valence-corrected chi connectivity index (χ1v) is 9.51. The van der Waals surface area contributed by atoms with Crippen molar-refractivity contribution in [2.24, 2.45) is 0 Å². The van der Waals surface area contributed by atoms with E-state index in [4.69, 9.17) is 0 Å². The predicted molar refractivity (Wildman–Crippen MR) is 114 cm³/mol. The van der Waals surface area contributed by atoms with Crippen molar-refractivity contribution in [2.45, 2.75) is 26.2 Å². The maximum absolute atomic E-state index is 12.6. The fraction of sp³-hybridized carbons (Fsp3) is 0.200. The van der Waals surface area contributed by atoms with Crippen LogP contribution < -0.4 is 4.90 Å². The molecule has 3 nitrogen and oxygen atoms in total. The Bertz CT molecular complexity index is 1000. The number of benzene rings is 3. The van der Waals surface area contributed by atoms with Gasteiger partial charge in [0, 0.05) is 19.2 Å². The molecule has 0 spiro atoms. The molecule has 0 atom stereocenters. The monoisotopic (exact) mass is 368 g/mol. The van der Waals surface area contributed by atoms with Gasteiger partial charge in [0.2, 0.25) is 5.91 Å². The molecule has 3 heteroatoms. The van der Waals surface area contributed by atoms with Crippen LogP contribution in [0.5, 0.6) is 0 Å². The van der Waals surface area contributed by atoms with Crippen molar-refractivity contribution < 1.29 is 4.79 Å². The second kappa shape index (κ2) is 9.01. The Morgan fingerprint density at radius 1 is 0.964 bits per heavy atom. The van der Waals surface area contributed by atoms with Crippen molar-refractivity contribution in [2.75, 3.05) is 11.9 Å². The largest absolute Gasteiger partial charge is 0.316 e. The number of hydrogen-bond acceptors (Lipinski definition) is 2. The minimum atomic E-state index is 0.110. The van der Waals surface area contributed by atoms with E-state index in [0.717, 1.165) is 29.7 Å². The van der Waals surface area contributed by atoms with Crippen LogP contribution in [-0.2, 0) is 11.2 Å². The Kier molecular flexibility index (Phi) is 6.24. The zero-order valence-corrected chi connectivity index (χ0v) is 16.4. The van der Waals surface area contributed by atoms with Crippen molar-refractivity contribution in [3.8, 4) is 17.2 Å². The lowest BCUT2D eigenvalue weighted by atomic mass is 10.00. The molecule has 0 aromatic heterocycles. The third kappa shape index (κ3) is 4.47. The van der Waals surface area contributed by atoms with Gasteiger partial charge in [-0.2, -0.15) is 5.26 Å². The second-order valence-corrected chi connectivity index (χ2v) is 6.94. The van der Waals surface area contributed by atoms with Crippen LogP contribution in [0.4, 0.5) is 5.69 Å². The number of carbonyl (C=O) groups excluding carboxylic acids is 1. The summed E-state index contributed by atoms with van der Waals surface area (Å²) in [6, 6.07) is 25.9. The normalized spacial score (nSPS) is 10.3. The molecular formula is C25H24N2O. The molecule has 0 fully saturated rings. The molecule has 3 aromatic rings. The highest BCUT2D eigenvalue weighted by molar-refractivity contribution is 5.93. The molecular weight excluding hydrogens is 344 g/mol. The minimum absolute atomic E-state index is 0.110. The van der Waals surface area contributed by atoms with E-state index >= 15 is 0 Å². The van der Waals surface area contributed by atoms with Crippen molar-refractivity contribution >= 4 is 11.6 Å². The van der Waals surface area contributed by atoms with Crippen LogP contribution in [0.15, 0.2) is 72.8 Å². The molecule has 0 saturated heterocycles. The summed E-state index contributed by atoms with van der Waals surface area (Å²) in [6.07, 6.45) is 2.27. The summed E-state index contributed by atoms with van der Waals surface area (Å²) in [6.45, 7) is 2.11. The predicted octanol–water partition coefficient (Wildman–Crippen LogP) is 5.52. The third-order valence-electron chi connectivity index (χ3n) is 5.09. The quantitative estimate of drug-likeness (QED) is 0.575. The Hall–Kier alpha value is -3.38. The maximum Gasteiger partial charge on any atom is 0.226 e. The average Bonchev–Trinajstić information content (AvgIpc) is 2.74. The zero-order valence-electron chi connectivity index (χ0n) is 16.4. The smallest absolute Gasteiger partial charge is 0.226 e. The lowest BCUT2D eigenvalue weighted by Crippen LogP contribution is -2.25. The number of carbonyl (C=O) groups is 1. The van der Waals surface area contributed by atoms with Gasteiger partial charge >= 0.3 is 0 Å². The van der Waals surface area contributed by atoms with Crippen LogP contribution >= 0.6 is 0 Å². The Morgan fingerprint density at radius 3 is 2.36 bits per heavy atom. The number of hydrogen-bond donors (Lipinski definition) is 0. The van der Waals surface area contributed by atoms with E-state index in [0.29, 0.717) is 12.0 Å². The van der Waals surface area contributed by atoms with Gasteiger partial charge in [-0.3, -0.25) is 4.79 Å². The Balaban J connectivity index is 1.62. The highest BCUT2D eigenvalue weighted by Gasteiger charge is 2.12. The van der Waals surface area contributed by atoms with Gasteiger partial charge in [-0.05, 0) is 60.2 Å². The van der Waals surface area contributed by atoms with Gasteiger partial charge in [-0.15, -0.1) is 0 Å². The van der Waals surface area contributed by atoms with Gasteiger partial charge in [0.05, 0.1) is 11.6 Å². The Labute approximate surface area is 166 Å². The van der Waals surface area contributed by atoms with Crippen LogP contribution in [0, 0.1) is 18.3 Å². The van der Waals surface area contributed by atoms with E-state index in [1.807, 2.05) is 67.7 Å². The van der Waals surface area contributed by atoms with Crippen LogP contribution in [0.3, 0.4) is 0 Å². The van der Waals surface area contributed by atoms with Crippen LogP contribution in [0.2, 0.25) is 0 Å². The third-order valence-corrected chi connectivity index (χ3v) is 5.09. The summed E-state index contributed by atoms with van der Waals surface area (Å²) in [5.74, 6) is 0.110. The van der Waals surface area contributed by atoms with Gasteiger partial charge in [0.25, 0.3) is 0 Å². The fourth-order valence-electron chi connectivity index (χ4n) is 3.33. The topological polar surface area (TPSA) is 44.1 Å². The number of aryl methyl sites for hydroxylation is 2. The number of nitrogens with zero attached hydrogens (tertiary/aromatic N) is 2. The van der Waals surface area contributed by atoms with Crippen LogP contribution in [-0.4, -0.2) is 13.0 Å². The number of nitriles is 1. The molecule has 3 rings (SSSR count). The van der Waals surface area contributed by atoms with E-state index < -0.39 is 0 Å². The fourth-order valence-corrected chi connectivity index (χ4v) is 3.33. The van der Waals surface area contributed by atoms with Crippen molar-refractivity contribution in [3.05, 3.63) is 89.5 Å². The summed E-state index contributed by atoms with van der Waals surface area (Å²) < 4.78 is 0. The SMILES string of the molecule is Cc1ccccc1CCCC(=O)N(C)c1ccc(-c2ccccc2C#N)cc1. The van der Waals surface area contributed by atoms with Crippen molar-refractivity contribution in [1.82, 2.24) is 0 Å². The highest BCUT2D eigenvalue weighted by atomic mass is 16.2. The molecule has 0 N–H and O–H groups in total. The first-order chi connectivity index (χ1) is 13.6. The molecule has 1 amide bonds. The van der Waals surface area contributed by atoms with Gasteiger partial charge in [-0.1, -0.05) is 54.6 Å². The van der Waals surface area contributed by atoms with E-state index in [1.165, 1.54) is 11.1 Å². The molecule has 0 bridgehead atoms. The summed E-state index contributed by atoms with van der Waals surface area (Å²) in [7, 11) is 1.81. The van der Waals surface area contributed by atoms with E-state index in [1.54, 1.807) is 4.90 Å². The molecule has 0 saturated carbocycles. The summed E-state index contributed by atoms with van der Waals surface area (Å²) in [5, 5.41) is 9.27. The molecule has 0 radical (unpaired) electrons. The summed E-state index contributed by atoms with van der Waals surface area (Å²) in [5.41, 5.74) is 5.97. The maximum atomic E-state index is 12.6. The van der Waals surface area contributed by atoms with Crippen LogP contribution in [0.25, 0.3) is 11.1 Å². The average molecular weight is 368 g/mol. The molecule has 0 aliphatic carbocycles. The van der Waals surface area contributed by atoms with Gasteiger partial charge in [-0.25, -0.2) is 0 Å². The lowest BCUT2D eigenvalue weighted by molar-refractivity contribution is -0.118. The zero-order chi connectivity index (χ0) is 19.9. The molecule has 0 aliphatic rings. The first kappa shape index (κ1) is 19.4. The molecule has 3 aromatic carbocycles. The molecule has 0 unspecified atom stereocenters. The van der Waals surface area contributed by atoms with Gasteiger partial charge in [0.1, 0.15) is 0 Å². The van der Waals surface area contributed by atoms with E-state index in [2.05, 4.69) is 25.1 Å². The van der Waals surface area contributed by atoms with Gasteiger partial charge < -0.3 is 4.90 Å². The van der Waals surface area contributed by atoms with Crippen LogP contribution in [0.1, 0.15) is 29.5 Å². The molecule has 0 heterocycles. The minimum Gasteiger partial charge on any atom is -0.316 e.